The summed E-state index contributed by atoms with van der Waals surface area (Å²) in [6, 6.07) is 6.52. The summed E-state index contributed by atoms with van der Waals surface area (Å²) in [5, 5.41) is 0.457. The molecule has 1 aliphatic carbocycles. The summed E-state index contributed by atoms with van der Waals surface area (Å²) in [5.74, 6) is 0. The quantitative estimate of drug-likeness (QED) is 0.576. The molecule has 24 heavy (non-hydrogen) atoms. The van der Waals surface area contributed by atoms with Gasteiger partial charge in [-0.3, -0.25) is 19.1 Å². The topological polar surface area (TPSA) is 76.9 Å². The van der Waals surface area contributed by atoms with Crippen molar-refractivity contribution in [2.45, 2.75) is 39.2 Å². The molecule has 0 bridgehead atoms. The number of nitrogens with zero attached hydrogens (tertiary/aromatic N) is 2. The van der Waals surface area contributed by atoms with Gasteiger partial charge in [-0.05, 0) is 30.2 Å². The summed E-state index contributed by atoms with van der Waals surface area (Å²) < 4.78 is 2.96. The fraction of sp³-hybridized carbons (Fsp3) is 0.389. The van der Waals surface area contributed by atoms with Crippen LogP contribution in [0.2, 0.25) is 0 Å². The van der Waals surface area contributed by atoms with Crippen molar-refractivity contribution in [3.63, 3.8) is 0 Å². The minimum absolute atomic E-state index is 0.0876. The van der Waals surface area contributed by atoms with Crippen molar-refractivity contribution < 1.29 is 0 Å². The van der Waals surface area contributed by atoms with Gasteiger partial charge >= 0.3 is 5.69 Å². The van der Waals surface area contributed by atoms with Crippen molar-refractivity contribution in [3.05, 3.63) is 55.3 Å². The summed E-state index contributed by atoms with van der Waals surface area (Å²) in [6.45, 7) is 2.80. The Bertz CT molecular complexity index is 1030. The minimum Gasteiger partial charge on any atom is -0.326 e. The first-order valence-corrected chi connectivity index (χ1v) is 8.29. The molecule has 1 N–H and O–H groups in total. The van der Waals surface area contributed by atoms with E-state index in [2.05, 4.69) is 11.9 Å². The van der Waals surface area contributed by atoms with Gasteiger partial charge in [0, 0.05) is 19.7 Å². The highest BCUT2D eigenvalue weighted by molar-refractivity contribution is 5.83. The molecule has 0 saturated carbocycles. The number of hydrogen-bond donors (Lipinski definition) is 1. The number of aryl methyl sites for hydroxylation is 1. The maximum Gasteiger partial charge on any atom is 0.329 e. The van der Waals surface area contributed by atoms with Crippen LogP contribution in [0.15, 0.2) is 38.6 Å². The van der Waals surface area contributed by atoms with Crippen molar-refractivity contribution in [1.29, 1.82) is 0 Å². The molecule has 1 aliphatic heterocycles. The average Bonchev–Trinajstić information content (AvgIpc) is 2.57. The van der Waals surface area contributed by atoms with Gasteiger partial charge in [-0.1, -0.05) is 26.2 Å². The summed E-state index contributed by atoms with van der Waals surface area (Å²) >= 11 is 0. The molecule has 0 amide bonds. The molecule has 1 aromatic rings. The minimum atomic E-state index is -0.451. The molecule has 3 rings (SSSR count). The molecule has 0 radical (unpaired) electrons. The summed E-state index contributed by atoms with van der Waals surface area (Å²) in [4.78, 5) is 39.0. The number of rotatable bonds is 5. The van der Waals surface area contributed by atoms with E-state index in [1.54, 1.807) is 18.2 Å². The largest absolute Gasteiger partial charge is 0.329 e. The summed E-state index contributed by atoms with van der Waals surface area (Å²) in [5.41, 5.74) is 1.18. The Morgan fingerprint density at radius 2 is 1.83 bits per heavy atom. The van der Waals surface area contributed by atoms with Crippen LogP contribution in [0.25, 0.3) is 22.3 Å². The van der Waals surface area contributed by atoms with Gasteiger partial charge in [0.25, 0.3) is 5.56 Å². The van der Waals surface area contributed by atoms with Gasteiger partial charge in [-0.15, -0.1) is 0 Å². The van der Waals surface area contributed by atoms with Crippen LogP contribution in [0.1, 0.15) is 32.6 Å². The number of aromatic amines is 1. The Morgan fingerprint density at radius 3 is 2.58 bits per heavy atom. The molecule has 0 aromatic carbocycles. The van der Waals surface area contributed by atoms with Crippen LogP contribution >= 0.6 is 0 Å². The standard InChI is InChI=1S/C18H21N3O3/c1-3-4-5-6-9-21-15-11-13(22)8-7-12(15)10-14-16(21)19-18(24)20(2)17(14)23/h7-8,10-11H,3-6,9H2,1-2H3,(H,19,24). The van der Waals surface area contributed by atoms with Gasteiger partial charge in [-0.2, -0.15) is 0 Å². The van der Waals surface area contributed by atoms with Gasteiger partial charge in [0.15, 0.2) is 5.43 Å². The highest BCUT2D eigenvalue weighted by atomic mass is 16.2. The lowest BCUT2D eigenvalue weighted by Gasteiger charge is -2.18. The number of unbranched alkanes of at least 4 members (excludes halogenated alkanes) is 3. The lowest BCUT2D eigenvalue weighted by Crippen LogP contribution is -2.33. The van der Waals surface area contributed by atoms with E-state index in [1.807, 2.05) is 4.57 Å². The van der Waals surface area contributed by atoms with E-state index in [0.29, 0.717) is 17.6 Å². The Morgan fingerprint density at radius 1 is 1.04 bits per heavy atom. The maximum atomic E-state index is 12.5. The number of H-pyrrole nitrogens is 1. The third-order valence-corrected chi connectivity index (χ3v) is 4.42. The number of benzene rings is 1. The van der Waals surface area contributed by atoms with E-state index < -0.39 is 5.69 Å². The van der Waals surface area contributed by atoms with E-state index in [1.165, 1.54) is 13.1 Å². The summed E-state index contributed by atoms with van der Waals surface area (Å²) in [6.07, 6.45) is 4.25. The van der Waals surface area contributed by atoms with E-state index in [0.717, 1.165) is 41.5 Å². The number of aromatic nitrogens is 3. The third-order valence-electron chi connectivity index (χ3n) is 4.42. The highest BCUT2D eigenvalue weighted by Gasteiger charge is 2.15. The first-order chi connectivity index (χ1) is 11.5. The van der Waals surface area contributed by atoms with Crippen molar-refractivity contribution in [1.82, 2.24) is 14.1 Å². The first kappa shape index (κ1) is 16.2. The number of nitrogens with one attached hydrogen (secondary N) is 1. The molecule has 0 atom stereocenters. The molecule has 6 heteroatoms. The van der Waals surface area contributed by atoms with E-state index in [4.69, 9.17) is 0 Å². The molecule has 2 aliphatic rings. The van der Waals surface area contributed by atoms with Crippen LogP contribution in [-0.4, -0.2) is 14.1 Å². The van der Waals surface area contributed by atoms with Crippen LogP contribution in [0.5, 0.6) is 0 Å². The van der Waals surface area contributed by atoms with E-state index >= 15 is 0 Å². The zero-order valence-electron chi connectivity index (χ0n) is 14.0. The highest BCUT2D eigenvalue weighted by Crippen LogP contribution is 2.25. The number of fused-ring (bicyclic) bond motifs is 2. The van der Waals surface area contributed by atoms with Gasteiger partial charge in [-0.25, -0.2) is 4.79 Å². The average molecular weight is 327 g/mol. The number of hydrogen-bond acceptors (Lipinski definition) is 3. The lowest BCUT2D eigenvalue weighted by atomic mass is 10.1. The van der Waals surface area contributed by atoms with Crippen molar-refractivity contribution in [3.8, 4) is 11.3 Å². The van der Waals surface area contributed by atoms with E-state index in [-0.39, 0.29) is 11.0 Å². The molecular weight excluding hydrogens is 306 g/mol. The van der Waals surface area contributed by atoms with Crippen molar-refractivity contribution in [2.75, 3.05) is 0 Å². The molecule has 0 saturated heterocycles. The van der Waals surface area contributed by atoms with E-state index in [9.17, 15) is 14.4 Å². The Balaban J connectivity index is 2.30. The monoisotopic (exact) mass is 327 g/mol. The second-order valence-corrected chi connectivity index (χ2v) is 6.13. The Hall–Kier alpha value is -2.63. The van der Waals surface area contributed by atoms with Gasteiger partial charge < -0.3 is 4.57 Å². The zero-order chi connectivity index (χ0) is 17.3. The fourth-order valence-electron chi connectivity index (χ4n) is 3.05. The Labute approximate surface area is 138 Å². The Kier molecular flexibility index (Phi) is 4.38. The second-order valence-electron chi connectivity index (χ2n) is 6.13. The molecule has 0 spiro atoms. The third kappa shape index (κ3) is 2.79. The number of pyridine rings is 1. The van der Waals surface area contributed by atoms with Crippen LogP contribution in [0.4, 0.5) is 0 Å². The molecule has 1 aromatic heterocycles. The van der Waals surface area contributed by atoms with Crippen LogP contribution in [-0.2, 0) is 13.6 Å². The fourth-order valence-corrected chi connectivity index (χ4v) is 3.05. The molecule has 126 valence electrons. The van der Waals surface area contributed by atoms with Gasteiger partial charge in [0.1, 0.15) is 5.65 Å². The zero-order valence-corrected chi connectivity index (χ0v) is 14.0. The van der Waals surface area contributed by atoms with Crippen LogP contribution < -0.4 is 16.7 Å². The molecular formula is C18H21N3O3. The normalized spacial score (nSPS) is 11.4. The predicted octanol–water partition coefficient (Wildman–Crippen LogP) is 2.07. The van der Waals surface area contributed by atoms with Crippen LogP contribution in [0, 0.1) is 0 Å². The predicted molar refractivity (Wildman–Crippen MR) is 94.8 cm³/mol. The molecule has 6 nitrogen and oxygen atoms in total. The van der Waals surface area contributed by atoms with Gasteiger partial charge in [0.05, 0.1) is 11.1 Å². The molecule has 0 fully saturated rings. The van der Waals surface area contributed by atoms with Gasteiger partial charge in [0.2, 0.25) is 0 Å². The summed E-state index contributed by atoms with van der Waals surface area (Å²) in [7, 11) is 1.46. The van der Waals surface area contributed by atoms with Crippen molar-refractivity contribution in [2.24, 2.45) is 7.05 Å². The molecule has 2 heterocycles. The second kappa shape index (κ2) is 6.47. The van der Waals surface area contributed by atoms with Crippen LogP contribution in [0.3, 0.4) is 0 Å². The molecule has 0 unspecified atom stereocenters. The lowest BCUT2D eigenvalue weighted by molar-refractivity contribution is 0.590. The smallest absolute Gasteiger partial charge is 0.326 e. The maximum absolute atomic E-state index is 12.5. The first-order valence-electron chi connectivity index (χ1n) is 8.29. The SMILES string of the molecule is CCCCCCn1c2cc(=O)ccc-2cc2c(=O)n(C)c(=O)[nH]c21. The van der Waals surface area contributed by atoms with Crippen molar-refractivity contribution >= 4 is 11.0 Å².